The van der Waals surface area contributed by atoms with E-state index in [0.717, 1.165) is 25.0 Å². The number of nitrogens with zero attached hydrogens (tertiary/aromatic N) is 1. The summed E-state index contributed by atoms with van der Waals surface area (Å²) in [5.74, 6) is 0. The molecule has 0 spiro atoms. The maximum absolute atomic E-state index is 6.26. The molecule has 0 N–H and O–H groups in total. The minimum atomic E-state index is -0.315. The lowest BCUT2D eigenvalue weighted by Crippen LogP contribution is -2.41. The third kappa shape index (κ3) is 4.20. The summed E-state index contributed by atoms with van der Waals surface area (Å²) in [6.45, 7) is 10.3. The fourth-order valence-corrected chi connectivity index (χ4v) is 3.21. The molecule has 138 valence electrons. The molecule has 0 aromatic heterocycles. The van der Waals surface area contributed by atoms with Crippen molar-refractivity contribution in [3.8, 4) is 0 Å². The van der Waals surface area contributed by atoms with Gasteiger partial charge in [-0.3, -0.25) is 0 Å². The van der Waals surface area contributed by atoms with E-state index in [1.165, 1.54) is 11.1 Å². The molecule has 0 atom stereocenters. The van der Waals surface area contributed by atoms with Crippen molar-refractivity contribution in [1.82, 2.24) is 4.90 Å². The zero-order chi connectivity index (χ0) is 18.8. The normalized spacial score (nSPS) is 18.5. The van der Waals surface area contributed by atoms with Crippen molar-refractivity contribution in [2.45, 2.75) is 51.9 Å². The SMILES string of the molecule is CN(CCc1ccccc1)Cc1ccccc1B1OC(C)(C)C(C)(C)O1. The highest BCUT2D eigenvalue weighted by molar-refractivity contribution is 6.62. The Morgan fingerprint density at radius 3 is 2.08 bits per heavy atom. The van der Waals surface area contributed by atoms with Crippen molar-refractivity contribution in [2.75, 3.05) is 13.6 Å². The minimum absolute atomic E-state index is 0.307. The van der Waals surface area contributed by atoms with Crippen LogP contribution in [0.15, 0.2) is 54.6 Å². The molecule has 2 aromatic carbocycles. The van der Waals surface area contributed by atoms with Crippen LogP contribution in [0.4, 0.5) is 0 Å². The van der Waals surface area contributed by atoms with Crippen LogP contribution in [-0.2, 0) is 22.3 Å². The third-order valence-corrected chi connectivity index (χ3v) is 5.63. The van der Waals surface area contributed by atoms with E-state index >= 15 is 0 Å². The van der Waals surface area contributed by atoms with Crippen LogP contribution in [0.3, 0.4) is 0 Å². The number of hydrogen-bond acceptors (Lipinski definition) is 3. The van der Waals surface area contributed by atoms with Crippen molar-refractivity contribution in [3.05, 3.63) is 65.7 Å². The van der Waals surface area contributed by atoms with Gasteiger partial charge in [0.15, 0.2) is 0 Å². The fourth-order valence-electron chi connectivity index (χ4n) is 3.21. The monoisotopic (exact) mass is 351 g/mol. The molecule has 1 heterocycles. The number of rotatable bonds is 6. The Hall–Kier alpha value is -1.62. The van der Waals surface area contributed by atoms with E-state index in [4.69, 9.17) is 9.31 Å². The van der Waals surface area contributed by atoms with Crippen LogP contribution in [0, 0.1) is 0 Å². The molecule has 0 unspecified atom stereocenters. The lowest BCUT2D eigenvalue weighted by atomic mass is 9.76. The molecule has 0 aliphatic carbocycles. The summed E-state index contributed by atoms with van der Waals surface area (Å²) in [5, 5.41) is 0. The van der Waals surface area contributed by atoms with Gasteiger partial charge >= 0.3 is 7.12 Å². The van der Waals surface area contributed by atoms with Gasteiger partial charge in [0.05, 0.1) is 11.2 Å². The minimum Gasteiger partial charge on any atom is -0.399 e. The Labute approximate surface area is 158 Å². The molecule has 0 amide bonds. The van der Waals surface area contributed by atoms with Gasteiger partial charge in [0.2, 0.25) is 0 Å². The first-order chi connectivity index (χ1) is 12.3. The molecule has 0 radical (unpaired) electrons. The van der Waals surface area contributed by atoms with E-state index in [2.05, 4.69) is 94.2 Å². The molecule has 0 saturated carbocycles. The van der Waals surface area contributed by atoms with E-state index in [-0.39, 0.29) is 18.3 Å². The van der Waals surface area contributed by atoms with E-state index in [0.29, 0.717) is 0 Å². The first-order valence-electron chi connectivity index (χ1n) is 9.44. The van der Waals surface area contributed by atoms with Gasteiger partial charge in [-0.05, 0) is 57.8 Å². The highest BCUT2D eigenvalue weighted by atomic mass is 16.7. The van der Waals surface area contributed by atoms with Gasteiger partial charge in [0.25, 0.3) is 0 Å². The standard InChI is InChI=1S/C22H30BNO2/c1-21(2)22(3,4)26-23(25-21)20-14-10-9-13-19(20)17-24(5)16-15-18-11-7-6-8-12-18/h6-14H,15-17H2,1-5H3. The average molecular weight is 351 g/mol. The summed E-state index contributed by atoms with van der Waals surface area (Å²) < 4.78 is 12.5. The van der Waals surface area contributed by atoms with Crippen LogP contribution in [0.25, 0.3) is 0 Å². The molecule has 3 rings (SSSR count). The molecule has 1 aliphatic rings. The number of likely N-dealkylation sites (N-methyl/N-ethyl adjacent to an activating group) is 1. The summed E-state index contributed by atoms with van der Waals surface area (Å²) in [4.78, 5) is 2.36. The van der Waals surface area contributed by atoms with Gasteiger partial charge in [-0.1, -0.05) is 54.6 Å². The lowest BCUT2D eigenvalue weighted by Gasteiger charge is -2.32. The van der Waals surface area contributed by atoms with Gasteiger partial charge in [-0.2, -0.15) is 0 Å². The van der Waals surface area contributed by atoms with E-state index < -0.39 is 0 Å². The van der Waals surface area contributed by atoms with Crippen LogP contribution in [0.2, 0.25) is 0 Å². The van der Waals surface area contributed by atoms with Crippen molar-refractivity contribution in [2.24, 2.45) is 0 Å². The lowest BCUT2D eigenvalue weighted by molar-refractivity contribution is 0.00578. The first-order valence-corrected chi connectivity index (χ1v) is 9.44. The Kier molecular flexibility index (Phi) is 5.57. The molecule has 1 fully saturated rings. The zero-order valence-electron chi connectivity index (χ0n) is 16.7. The Morgan fingerprint density at radius 1 is 0.846 bits per heavy atom. The van der Waals surface area contributed by atoms with Crippen LogP contribution in [0.1, 0.15) is 38.8 Å². The number of hydrogen-bond donors (Lipinski definition) is 0. The maximum atomic E-state index is 6.26. The quantitative estimate of drug-likeness (QED) is 0.742. The second-order valence-electron chi connectivity index (χ2n) is 8.26. The highest BCUT2D eigenvalue weighted by Crippen LogP contribution is 2.36. The summed E-state index contributed by atoms with van der Waals surface area (Å²) in [5.41, 5.74) is 3.14. The summed E-state index contributed by atoms with van der Waals surface area (Å²) in [6.07, 6.45) is 1.05. The Bertz CT molecular complexity index is 714. The van der Waals surface area contributed by atoms with E-state index in [1.807, 2.05) is 0 Å². The second-order valence-corrected chi connectivity index (χ2v) is 8.26. The topological polar surface area (TPSA) is 21.7 Å². The summed E-state index contributed by atoms with van der Waals surface area (Å²) in [6, 6.07) is 19.1. The van der Waals surface area contributed by atoms with Gasteiger partial charge in [0.1, 0.15) is 0 Å². The zero-order valence-corrected chi connectivity index (χ0v) is 16.7. The van der Waals surface area contributed by atoms with Gasteiger partial charge in [-0.25, -0.2) is 0 Å². The molecular formula is C22H30BNO2. The Morgan fingerprint density at radius 2 is 1.42 bits per heavy atom. The second kappa shape index (κ2) is 7.55. The van der Waals surface area contributed by atoms with E-state index in [1.54, 1.807) is 0 Å². The Balaban J connectivity index is 1.68. The van der Waals surface area contributed by atoms with Gasteiger partial charge in [-0.15, -0.1) is 0 Å². The first kappa shape index (κ1) is 19.2. The third-order valence-electron chi connectivity index (χ3n) is 5.63. The molecule has 1 saturated heterocycles. The molecule has 4 heteroatoms. The van der Waals surface area contributed by atoms with Crippen molar-refractivity contribution < 1.29 is 9.31 Å². The molecular weight excluding hydrogens is 321 g/mol. The molecule has 1 aliphatic heterocycles. The molecule has 3 nitrogen and oxygen atoms in total. The predicted molar refractivity (Wildman–Crippen MR) is 109 cm³/mol. The van der Waals surface area contributed by atoms with Crippen molar-refractivity contribution in [3.63, 3.8) is 0 Å². The predicted octanol–water partition coefficient (Wildman–Crippen LogP) is 3.66. The summed E-state index contributed by atoms with van der Waals surface area (Å²) in [7, 11) is 1.86. The smallest absolute Gasteiger partial charge is 0.399 e. The van der Waals surface area contributed by atoms with Gasteiger partial charge < -0.3 is 14.2 Å². The largest absolute Gasteiger partial charge is 0.495 e. The van der Waals surface area contributed by atoms with Crippen LogP contribution >= 0.6 is 0 Å². The van der Waals surface area contributed by atoms with E-state index in [9.17, 15) is 0 Å². The van der Waals surface area contributed by atoms with Crippen LogP contribution in [0.5, 0.6) is 0 Å². The molecule has 26 heavy (non-hydrogen) atoms. The van der Waals surface area contributed by atoms with Gasteiger partial charge in [0, 0.05) is 13.1 Å². The van der Waals surface area contributed by atoms with Crippen molar-refractivity contribution in [1.29, 1.82) is 0 Å². The highest BCUT2D eigenvalue weighted by Gasteiger charge is 2.52. The molecule has 2 aromatic rings. The van der Waals surface area contributed by atoms with Crippen molar-refractivity contribution >= 4 is 12.6 Å². The maximum Gasteiger partial charge on any atom is 0.495 e. The molecule has 0 bridgehead atoms. The number of benzene rings is 2. The fraction of sp³-hybridized carbons (Fsp3) is 0.455. The van der Waals surface area contributed by atoms with Crippen LogP contribution in [-0.4, -0.2) is 36.8 Å². The van der Waals surface area contributed by atoms with Crippen LogP contribution < -0.4 is 5.46 Å². The average Bonchev–Trinajstić information content (AvgIpc) is 2.82. The summed E-state index contributed by atoms with van der Waals surface area (Å²) >= 11 is 0.